The van der Waals surface area contributed by atoms with E-state index in [4.69, 9.17) is 0 Å². The summed E-state index contributed by atoms with van der Waals surface area (Å²) in [6, 6.07) is 0. The number of carbonyl (C=O) groups excluding carboxylic acids is 1. The van der Waals surface area contributed by atoms with E-state index in [-0.39, 0.29) is 0 Å². The van der Waals surface area contributed by atoms with Gasteiger partial charge in [0.2, 0.25) is 5.91 Å². The van der Waals surface area contributed by atoms with Crippen LogP contribution in [0.1, 0.15) is 32.6 Å². The number of amides is 1. The zero-order valence-electron chi connectivity index (χ0n) is 7.02. The van der Waals surface area contributed by atoms with Gasteiger partial charge in [-0.25, -0.2) is 0 Å². The van der Waals surface area contributed by atoms with Crippen LogP contribution in [-0.4, -0.2) is 12.5 Å². The van der Waals surface area contributed by atoms with Crippen LogP contribution in [0, 0.1) is 11.3 Å². The van der Waals surface area contributed by atoms with Gasteiger partial charge >= 0.3 is 0 Å². The Balaban J connectivity index is 1.91. The highest BCUT2D eigenvalue weighted by atomic mass is 16.2. The molecule has 2 aliphatic rings. The fourth-order valence-electron chi connectivity index (χ4n) is 2.19. The van der Waals surface area contributed by atoms with Gasteiger partial charge in [-0.15, -0.1) is 0 Å². The van der Waals surface area contributed by atoms with Gasteiger partial charge in [-0.3, -0.25) is 4.79 Å². The highest BCUT2D eigenvalue weighted by molar-refractivity contribution is 5.85. The molecule has 2 atom stereocenters. The van der Waals surface area contributed by atoms with Gasteiger partial charge < -0.3 is 5.32 Å². The minimum absolute atomic E-state index is 0.307. The summed E-state index contributed by atoms with van der Waals surface area (Å²) in [6.45, 7) is 3.16. The Bertz CT molecular complexity index is 190. The molecule has 2 nitrogen and oxygen atoms in total. The fraction of sp³-hybridized carbons (Fsp3) is 0.889. The highest BCUT2D eigenvalue weighted by Gasteiger charge is 2.61. The lowest BCUT2D eigenvalue weighted by atomic mass is 9.98. The molecular weight excluding hydrogens is 138 g/mol. The Labute approximate surface area is 67.4 Å². The zero-order chi connectivity index (χ0) is 7.90. The monoisotopic (exact) mass is 153 g/mol. The van der Waals surface area contributed by atoms with E-state index in [2.05, 4.69) is 12.2 Å². The van der Waals surface area contributed by atoms with Crippen molar-refractivity contribution >= 4 is 5.91 Å². The molecule has 0 radical (unpaired) electrons. The van der Waals surface area contributed by atoms with E-state index in [1.807, 2.05) is 0 Å². The molecule has 0 aromatic carbocycles. The van der Waals surface area contributed by atoms with Crippen molar-refractivity contribution in [1.29, 1.82) is 0 Å². The van der Waals surface area contributed by atoms with Crippen molar-refractivity contribution in [3.05, 3.63) is 0 Å². The molecule has 0 bridgehead atoms. The lowest BCUT2D eigenvalue weighted by molar-refractivity contribution is -0.120. The van der Waals surface area contributed by atoms with E-state index in [1.54, 1.807) is 0 Å². The number of nitrogens with one attached hydrogen (secondary N) is 1. The Hall–Kier alpha value is -0.530. The van der Waals surface area contributed by atoms with Gasteiger partial charge in [-0.05, 0) is 12.8 Å². The Morgan fingerprint density at radius 1 is 1.73 bits per heavy atom. The molecule has 1 saturated heterocycles. The first kappa shape index (κ1) is 7.14. The van der Waals surface area contributed by atoms with Crippen LogP contribution in [0.15, 0.2) is 0 Å². The largest absolute Gasteiger partial charge is 0.355 e. The van der Waals surface area contributed by atoms with Crippen LogP contribution in [0.2, 0.25) is 0 Å². The predicted molar refractivity (Wildman–Crippen MR) is 43.1 cm³/mol. The molecule has 1 heterocycles. The summed E-state index contributed by atoms with van der Waals surface area (Å²) in [5, 5.41) is 2.93. The first-order chi connectivity index (χ1) is 5.28. The van der Waals surface area contributed by atoms with E-state index in [0.29, 0.717) is 17.2 Å². The van der Waals surface area contributed by atoms with Crippen LogP contribution < -0.4 is 5.32 Å². The van der Waals surface area contributed by atoms with E-state index < -0.39 is 0 Å². The van der Waals surface area contributed by atoms with Gasteiger partial charge in [-0.1, -0.05) is 19.8 Å². The Morgan fingerprint density at radius 2 is 2.55 bits per heavy atom. The second-order valence-electron chi connectivity index (χ2n) is 3.94. The molecule has 0 spiro atoms. The summed E-state index contributed by atoms with van der Waals surface area (Å²) in [5.41, 5.74) is 0.424. The van der Waals surface area contributed by atoms with Crippen molar-refractivity contribution in [1.82, 2.24) is 5.32 Å². The number of piperidine rings is 1. The Morgan fingerprint density at radius 3 is 3.00 bits per heavy atom. The highest BCUT2D eigenvalue weighted by Crippen LogP contribution is 2.58. The summed E-state index contributed by atoms with van der Waals surface area (Å²) in [7, 11) is 0. The summed E-state index contributed by atoms with van der Waals surface area (Å²) >= 11 is 0. The first-order valence-corrected chi connectivity index (χ1v) is 4.56. The minimum Gasteiger partial charge on any atom is -0.355 e. The van der Waals surface area contributed by atoms with Gasteiger partial charge in [0.05, 0.1) is 0 Å². The van der Waals surface area contributed by atoms with Gasteiger partial charge in [0.15, 0.2) is 0 Å². The lowest BCUT2D eigenvalue weighted by Crippen LogP contribution is -2.20. The van der Waals surface area contributed by atoms with Crippen molar-refractivity contribution in [3.63, 3.8) is 0 Å². The average Bonchev–Trinajstić information content (AvgIpc) is 2.66. The number of rotatable bonds is 3. The molecule has 0 aromatic heterocycles. The number of hydrogen-bond donors (Lipinski definition) is 1. The van der Waals surface area contributed by atoms with Crippen LogP contribution >= 0.6 is 0 Å². The van der Waals surface area contributed by atoms with Crippen LogP contribution in [0.25, 0.3) is 0 Å². The second-order valence-corrected chi connectivity index (χ2v) is 3.94. The minimum atomic E-state index is 0.307. The van der Waals surface area contributed by atoms with Crippen molar-refractivity contribution < 1.29 is 4.79 Å². The lowest BCUT2D eigenvalue weighted by Gasteiger charge is -2.08. The standard InChI is InChI=1S/C9H15NO/c1-2-3-4-9-5-7(9)8(11)10-6-9/h7H,2-6H2,1H3,(H,10,11). The fourth-order valence-corrected chi connectivity index (χ4v) is 2.19. The number of carbonyl (C=O) groups is 1. The van der Waals surface area contributed by atoms with Crippen LogP contribution in [0.3, 0.4) is 0 Å². The average molecular weight is 153 g/mol. The molecular formula is C9H15NO. The van der Waals surface area contributed by atoms with Crippen molar-refractivity contribution in [2.45, 2.75) is 32.6 Å². The molecule has 1 saturated carbocycles. The molecule has 62 valence electrons. The summed E-state index contributed by atoms with van der Waals surface area (Å²) in [5.74, 6) is 0.704. The molecule has 1 amide bonds. The predicted octanol–water partition coefficient (Wildman–Crippen LogP) is 1.31. The summed E-state index contributed by atoms with van der Waals surface area (Å²) in [6.07, 6.45) is 4.96. The van der Waals surface area contributed by atoms with Crippen LogP contribution in [0.4, 0.5) is 0 Å². The second kappa shape index (κ2) is 2.23. The van der Waals surface area contributed by atoms with Crippen molar-refractivity contribution in [2.75, 3.05) is 6.54 Å². The maximum Gasteiger partial charge on any atom is 0.223 e. The first-order valence-electron chi connectivity index (χ1n) is 4.56. The number of fused-ring (bicyclic) bond motifs is 1. The molecule has 1 aliphatic carbocycles. The smallest absolute Gasteiger partial charge is 0.223 e. The quantitative estimate of drug-likeness (QED) is 0.650. The van der Waals surface area contributed by atoms with E-state index in [9.17, 15) is 4.79 Å². The third-order valence-corrected chi connectivity index (χ3v) is 3.15. The molecule has 1 N–H and O–H groups in total. The SMILES string of the molecule is CCCCC12CNC(=O)C1C2. The third kappa shape index (κ3) is 0.959. The summed E-state index contributed by atoms with van der Waals surface area (Å²) in [4.78, 5) is 11.1. The van der Waals surface area contributed by atoms with Crippen LogP contribution in [-0.2, 0) is 4.79 Å². The van der Waals surface area contributed by atoms with E-state index >= 15 is 0 Å². The van der Waals surface area contributed by atoms with Gasteiger partial charge in [-0.2, -0.15) is 0 Å². The number of hydrogen-bond acceptors (Lipinski definition) is 1. The van der Waals surface area contributed by atoms with Gasteiger partial charge in [0.25, 0.3) is 0 Å². The van der Waals surface area contributed by atoms with Crippen molar-refractivity contribution in [3.8, 4) is 0 Å². The maximum absolute atomic E-state index is 11.1. The topological polar surface area (TPSA) is 29.1 Å². The number of unbranched alkanes of at least 4 members (excludes halogenated alkanes) is 1. The van der Waals surface area contributed by atoms with Crippen LogP contribution in [0.5, 0.6) is 0 Å². The Kier molecular flexibility index (Phi) is 1.44. The molecule has 11 heavy (non-hydrogen) atoms. The third-order valence-electron chi connectivity index (χ3n) is 3.15. The normalized spacial score (nSPS) is 40.1. The zero-order valence-corrected chi connectivity index (χ0v) is 7.02. The molecule has 1 aliphatic heterocycles. The molecule has 2 heteroatoms. The van der Waals surface area contributed by atoms with Gasteiger partial charge in [0, 0.05) is 17.9 Å². The molecule has 0 aromatic rings. The van der Waals surface area contributed by atoms with E-state index in [0.717, 1.165) is 6.54 Å². The molecule has 2 fully saturated rings. The van der Waals surface area contributed by atoms with Crippen molar-refractivity contribution in [2.24, 2.45) is 11.3 Å². The van der Waals surface area contributed by atoms with Gasteiger partial charge in [0.1, 0.15) is 0 Å². The summed E-state index contributed by atoms with van der Waals surface area (Å²) < 4.78 is 0. The molecule has 2 rings (SSSR count). The maximum atomic E-state index is 11.1. The molecule has 2 unspecified atom stereocenters. The van der Waals surface area contributed by atoms with E-state index in [1.165, 1.54) is 25.7 Å².